The normalized spacial score (nSPS) is 19.2. The third-order valence-corrected chi connectivity index (χ3v) is 6.27. The van der Waals surface area contributed by atoms with Crippen molar-refractivity contribution in [3.05, 3.63) is 9.81 Å². The summed E-state index contributed by atoms with van der Waals surface area (Å²) >= 11 is 3.60. The van der Waals surface area contributed by atoms with E-state index in [-0.39, 0.29) is 5.91 Å². The molecule has 0 aromatic carbocycles. The average molecular weight is 313 g/mol. The number of hydrazone groups is 1. The van der Waals surface area contributed by atoms with E-state index in [1.54, 1.807) is 28.5 Å². The zero-order valence-corrected chi connectivity index (χ0v) is 14.1. The first-order valence-electron chi connectivity index (χ1n) is 7.61. The Bertz CT molecular complexity index is 410. The van der Waals surface area contributed by atoms with Crippen molar-refractivity contribution in [2.45, 2.75) is 52.4 Å². The van der Waals surface area contributed by atoms with E-state index in [0.717, 1.165) is 35.8 Å². The number of carbonyl (C=O) groups excluding carboxylic acids is 1. The highest BCUT2D eigenvalue weighted by Gasteiger charge is 2.31. The second kappa shape index (κ2) is 8.13. The van der Waals surface area contributed by atoms with Gasteiger partial charge >= 0.3 is 0 Å². The Labute approximate surface area is 130 Å². The van der Waals surface area contributed by atoms with Gasteiger partial charge in [0.1, 0.15) is 0 Å². The zero-order valence-electron chi connectivity index (χ0n) is 12.5. The van der Waals surface area contributed by atoms with Crippen LogP contribution in [-0.4, -0.2) is 34.7 Å². The molecule has 1 fully saturated rings. The smallest absolute Gasteiger partial charge is 0.267 e. The summed E-state index contributed by atoms with van der Waals surface area (Å²) in [7, 11) is 0. The van der Waals surface area contributed by atoms with Gasteiger partial charge in [-0.3, -0.25) is 4.79 Å². The van der Waals surface area contributed by atoms with Crippen molar-refractivity contribution in [1.29, 1.82) is 0 Å². The van der Waals surface area contributed by atoms with Crippen LogP contribution in [0.2, 0.25) is 0 Å². The van der Waals surface area contributed by atoms with Gasteiger partial charge in [-0.2, -0.15) is 5.10 Å². The Morgan fingerprint density at radius 3 is 2.45 bits per heavy atom. The fourth-order valence-electron chi connectivity index (χ4n) is 2.44. The van der Waals surface area contributed by atoms with Gasteiger partial charge in [0.15, 0.2) is 0 Å². The lowest BCUT2D eigenvalue weighted by molar-refractivity contribution is -0.125. The Balaban J connectivity index is 1.80. The predicted octanol–water partition coefficient (Wildman–Crippen LogP) is 4.26. The Kier molecular flexibility index (Phi) is 6.49. The topological polar surface area (TPSA) is 32.7 Å². The minimum absolute atomic E-state index is 0.118. The number of rotatable bonds is 7. The van der Waals surface area contributed by atoms with Crippen LogP contribution in [0.25, 0.3) is 0 Å². The molecule has 0 bridgehead atoms. The van der Waals surface area contributed by atoms with E-state index in [4.69, 9.17) is 0 Å². The van der Waals surface area contributed by atoms with E-state index in [2.05, 4.69) is 12.0 Å². The van der Waals surface area contributed by atoms with Gasteiger partial charge in [-0.1, -0.05) is 39.0 Å². The molecule has 0 aromatic heterocycles. The van der Waals surface area contributed by atoms with Gasteiger partial charge in [0.05, 0.1) is 15.5 Å². The third kappa shape index (κ3) is 4.04. The molecule has 2 aliphatic heterocycles. The summed E-state index contributed by atoms with van der Waals surface area (Å²) < 4.78 is 1.18. The first-order chi connectivity index (χ1) is 9.74. The number of carbonyl (C=O) groups is 1. The first-order valence-corrected chi connectivity index (χ1v) is 9.58. The van der Waals surface area contributed by atoms with Gasteiger partial charge in [0.2, 0.25) is 0 Å². The average Bonchev–Trinajstić information content (AvgIpc) is 3.03. The SMILES string of the molecule is CCCCCCCCN1N=C(C)C(=C2SCCS2)C1=O. The van der Waals surface area contributed by atoms with Crippen LogP contribution in [0.4, 0.5) is 0 Å². The molecule has 0 atom stereocenters. The summed E-state index contributed by atoms with van der Waals surface area (Å²) in [4.78, 5) is 12.4. The number of thioether (sulfide) groups is 2. The molecule has 3 nitrogen and oxygen atoms in total. The fourth-order valence-corrected chi connectivity index (χ4v) is 5.07. The highest BCUT2D eigenvalue weighted by Crippen LogP contribution is 2.40. The minimum atomic E-state index is 0.118. The number of hydrogen-bond donors (Lipinski definition) is 0. The van der Waals surface area contributed by atoms with Crippen LogP contribution in [0.3, 0.4) is 0 Å². The van der Waals surface area contributed by atoms with E-state index < -0.39 is 0 Å². The summed E-state index contributed by atoms with van der Waals surface area (Å²) in [6.45, 7) is 4.96. The molecule has 1 saturated heterocycles. The molecule has 0 radical (unpaired) electrons. The molecule has 5 heteroatoms. The highest BCUT2D eigenvalue weighted by atomic mass is 32.2. The maximum Gasteiger partial charge on any atom is 0.277 e. The van der Waals surface area contributed by atoms with E-state index in [0.29, 0.717) is 0 Å². The number of unbranched alkanes of at least 4 members (excludes halogenated alkanes) is 5. The summed E-state index contributed by atoms with van der Waals surface area (Å²) in [6.07, 6.45) is 7.46. The van der Waals surface area contributed by atoms with Crippen molar-refractivity contribution in [1.82, 2.24) is 5.01 Å². The van der Waals surface area contributed by atoms with Crippen LogP contribution >= 0.6 is 23.5 Å². The Hall–Kier alpha value is -0.420. The minimum Gasteiger partial charge on any atom is -0.267 e. The van der Waals surface area contributed by atoms with Gasteiger partial charge in [0, 0.05) is 18.1 Å². The van der Waals surface area contributed by atoms with Crippen molar-refractivity contribution >= 4 is 35.1 Å². The predicted molar refractivity (Wildman–Crippen MR) is 90.1 cm³/mol. The number of hydrogen-bond acceptors (Lipinski definition) is 4. The molecule has 0 unspecified atom stereocenters. The maximum atomic E-state index is 12.4. The second-order valence-electron chi connectivity index (χ2n) is 5.24. The second-order valence-corrected chi connectivity index (χ2v) is 7.71. The lowest BCUT2D eigenvalue weighted by atomic mass is 10.1. The maximum absolute atomic E-state index is 12.4. The van der Waals surface area contributed by atoms with Crippen LogP contribution in [0.1, 0.15) is 52.4 Å². The Morgan fingerprint density at radius 1 is 1.10 bits per heavy atom. The summed E-state index contributed by atoms with van der Waals surface area (Å²) in [5, 5.41) is 6.12. The zero-order chi connectivity index (χ0) is 14.4. The van der Waals surface area contributed by atoms with E-state index in [1.807, 2.05) is 6.92 Å². The molecule has 0 aliphatic carbocycles. The van der Waals surface area contributed by atoms with Crippen molar-refractivity contribution in [2.24, 2.45) is 5.10 Å². The number of nitrogens with zero attached hydrogens (tertiary/aromatic N) is 2. The van der Waals surface area contributed by atoms with Gasteiger partial charge in [-0.25, -0.2) is 5.01 Å². The van der Waals surface area contributed by atoms with Crippen LogP contribution in [0.15, 0.2) is 14.9 Å². The standard InChI is InChI=1S/C15H24N2OS2/c1-3-4-5-6-7-8-9-17-14(18)13(12(2)16-17)15-19-10-11-20-15/h3-11H2,1-2H3. The van der Waals surface area contributed by atoms with Gasteiger partial charge in [0.25, 0.3) is 5.91 Å². The molecule has 2 rings (SSSR count). The molecular formula is C15H24N2OS2. The molecule has 0 saturated carbocycles. The summed E-state index contributed by atoms with van der Waals surface area (Å²) in [5.41, 5.74) is 1.77. The van der Waals surface area contributed by atoms with Crippen molar-refractivity contribution in [3.8, 4) is 0 Å². The van der Waals surface area contributed by atoms with Crippen LogP contribution < -0.4 is 0 Å². The van der Waals surface area contributed by atoms with E-state index in [9.17, 15) is 4.79 Å². The largest absolute Gasteiger partial charge is 0.277 e. The van der Waals surface area contributed by atoms with Crippen LogP contribution in [0.5, 0.6) is 0 Å². The molecule has 0 aromatic rings. The molecule has 2 aliphatic rings. The lowest BCUT2D eigenvalue weighted by Crippen LogP contribution is -2.23. The van der Waals surface area contributed by atoms with Crippen molar-refractivity contribution in [2.75, 3.05) is 18.1 Å². The highest BCUT2D eigenvalue weighted by molar-refractivity contribution is 8.25. The number of amides is 1. The molecule has 20 heavy (non-hydrogen) atoms. The molecule has 0 spiro atoms. The van der Waals surface area contributed by atoms with Crippen molar-refractivity contribution in [3.63, 3.8) is 0 Å². The lowest BCUT2D eigenvalue weighted by Gasteiger charge is -2.11. The summed E-state index contributed by atoms with van der Waals surface area (Å²) in [6, 6.07) is 0. The van der Waals surface area contributed by atoms with E-state index >= 15 is 0 Å². The monoisotopic (exact) mass is 312 g/mol. The third-order valence-electron chi connectivity index (χ3n) is 3.56. The molecule has 112 valence electrons. The van der Waals surface area contributed by atoms with Crippen LogP contribution in [-0.2, 0) is 4.79 Å². The molecular weight excluding hydrogens is 288 g/mol. The summed E-state index contributed by atoms with van der Waals surface area (Å²) in [5.74, 6) is 2.34. The van der Waals surface area contributed by atoms with Gasteiger partial charge in [-0.05, 0) is 13.3 Å². The van der Waals surface area contributed by atoms with Crippen LogP contribution in [0, 0.1) is 0 Å². The van der Waals surface area contributed by atoms with Gasteiger partial charge in [-0.15, -0.1) is 23.5 Å². The fraction of sp³-hybridized carbons (Fsp3) is 0.733. The first kappa shape index (κ1) is 16.0. The van der Waals surface area contributed by atoms with Crippen molar-refractivity contribution < 1.29 is 4.79 Å². The Morgan fingerprint density at radius 2 is 1.75 bits per heavy atom. The van der Waals surface area contributed by atoms with E-state index in [1.165, 1.54) is 36.3 Å². The molecule has 2 heterocycles. The quantitative estimate of drug-likeness (QED) is 0.520. The molecule has 0 N–H and O–H groups in total. The molecule has 1 amide bonds. The van der Waals surface area contributed by atoms with Gasteiger partial charge < -0.3 is 0 Å².